The Balaban J connectivity index is 2.16. The Morgan fingerprint density at radius 2 is 2.30 bits per heavy atom. The molecule has 0 aliphatic rings. The van der Waals surface area contributed by atoms with Crippen molar-refractivity contribution in [2.75, 3.05) is 0 Å². The van der Waals surface area contributed by atoms with Gasteiger partial charge in [-0.3, -0.25) is 14.9 Å². The van der Waals surface area contributed by atoms with E-state index in [9.17, 15) is 14.9 Å². The van der Waals surface area contributed by atoms with E-state index < -0.39 is 16.5 Å². The van der Waals surface area contributed by atoms with E-state index in [-0.39, 0.29) is 17.3 Å². The Bertz CT molecular complexity index is 668. The maximum Gasteiger partial charge on any atom is 0.300 e. The minimum Gasteiger partial charge on any atom is -0.465 e. The third kappa shape index (κ3) is 3.12. The number of furan rings is 1. The number of nitrogens with zero attached hydrogens (tertiary/aromatic N) is 2. The first-order chi connectivity index (χ1) is 9.47. The Morgan fingerprint density at radius 3 is 2.90 bits per heavy atom. The van der Waals surface area contributed by atoms with Crippen molar-refractivity contribution in [3.8, 4) is 0 Å². The third-order valence-corrected chi connectivity index (χ3v) is 2.72. The van der Waals surface area contributed by atoms with Crippen molar-refractivity contribution in [2.24, 2.45) is 0 Å². The van der Waals surface area contributed by atoms with Crippen LogP contribution in [0.25, 0.3) is 0 Å². The van der Waals surface area contributed by atoms with Gasteiger partial charge in [-0.25, -0.2) is 4.98 Å². The molecule has 0 atom stereocenters. The van der Waals surface area contributed by atoms with E-state index >= 15 is 0 Å². The van der Waals surface area contributed by atoms with Crippen LogP contribution in [0.1, 0.15) is 21.9 Å². The average molecular weight is 296 g/mol. The molecule has 1 amide bonds. The molecule has 8 heteroatoms. The molecular weight excluding hydrogens is 286 g/mol. The molecule has 2 aromatic heterocycles. The van der Waals surface area contributed by atoms with Crippen LogP contribution < -0.4 is 5.32 Å². The lowest BCUT2D eigenvalue weighted by atomic mass is 10.2. The van der Waals surface area contributed by atoms with Crippen molar-refractivity contribution in [3.63, 3.8) is 0 Å². The molecule has 0 fully saturated rings. The van der Waals surface area contributed by atoms with Crippen molar-refractivity contribution in [3.05, 3.63) is 56.7 Å². The first-order valence-electron chi connectivity index (χ1n) is 5.61. The van der Waals surface area contributed by atoms with Crippen LogP contribution in [0.2, 0.25) is 5.15 Å². The number of halogens is 1. The smallest absolute Gasteiger partial charge is 0.300 e. The van der Waals surface area contributed by atoms with Gasteiger partial charge in [0.1, 0.15) is 28.4 Å². The summed E-state index contributed by atoms with van der Waals surface area (Å²) in [5.41, 5.74) is -0.541. The zero-order valence-electron chi connectivity index (χ0n) is 10.4. The summed E-state index contributed by atoms with van der Waals surface area (Å²) in [6.07, 6.45) is 0.953. The molecule has 104 valence electrons. The lowest BCUT2D eigenvalue weighted by Crippen LogP contribution is -2.23. The molecule has 0 spiro atoms. The van der Waals surface area contributed by atoms with Gasteiger partial charge >= 0.3 is 0 Å². The molecule has 2 rings (SSSR count). The Hall–Kier alpha value is -2.41. The SMILES string of the molecule is Cc1ccc(CNC(=O)c2cc(Cl)ncc2[N+](=O)[O-])o1. The minimum atomic E-state index is -0.685. The topological polar surface area (TPSA) is 98.3 Å². The molecular formula is C12H10ClN3O4. The first-order valence-corrected chi connectivity index (χ1v) is 5.98. The molecule has 0 aliphatic carbocycles. The van der Waals surface area contributed by atoms with E-state index in [1.165, 1.54) is 0 Å². The number of rotatable bonds is 4. The second kappa shape index (κ2) is 5.70. The summed E-state index contributed by atoms with van der Waals surface area (Å²) >= 11 is 5.65. The van der Waals surface area contributed by atoms with Gasteiger partial charge in [0.25, 0.3) is 11.6 Å². The van der Waals surface area contributed by atoms with Gasteiger partial charge in [0.15, 0.2) is 0 Å². The molecule has 0 radical (unpaired) electrons. The molecule has 1 N–H and O–H groups in total. The van der Waals surface area contributed by atoms with Gasteiger partial charge in [-0.2, -0.15) is 0 Å². The Morgan fingerprint density at radius 1 is 1.55 bits per heavy atom. The molecule has 0 aromatic carbocycles. The van der Waals surface area contributed by atoms with Gasteiger partial charge in [-0.15, -0.1) is 0 Å². The Labute approximate surface area is 118 Å². The van der Waals surface area contributed by atoms with E-state index in [0.29, 0.717) is 11.5 Å². The summed E-state index contributed by atoms with van der Waals surface area (Å²) in [5, 5.41) is 13.4. The average Bonchev–Trinajstić information content (AvgIpc) is 2.81. The zero-order chi connectivity index (χ0) is 14.7. The van der Waals surface area contributed by atoms with Crippen LogP contribution >= 0.6 is 11.6 Å². The van der Waals surface area contributed by atoms with Crippen LogP contribution in [0.5, 0.6) is 0 Å². The van der Waals surface area contributed by atoms with Crippen LogP contribution in [-0.4, -0.2) is 15.8 Å². The number of carbonyl (C=O) groups excluding carboxylic acids is 1. The first kappa shape index (κ1) is 14.0. The van der Waals surface area contributed by atoms with Crippen molar-refractivity contribution >= 4 is 23.2 Å². The number of pyridine rings is 1. The Kier molecular flexibility index (Phi) is 3.99. The van der Waals surface area contributed by atoms with Gasteiger partial charge in [-0.05, 0) is 25.1 Å². The minimum absolute atomic E-state index is 0.00888. The van der Waals surface area contributed by atoms with E-state index in [4.69, 9.17) is 16.0 Å². The number of nitrogens with one attached hydrogen (secondary N) is 1. The standard InChI is InChI=1S/C12H10ClN3O4/c1-7-2-3-8(20-7)5-15-12(17)9-4-11(13)14-6-10(9)16(18)19/h2-4,6H,5H2,1H3,(H,15,17). The van der Waals surface area contributed by atoms with E-state index in [0.717, 1.165) is 12.3 Å². The second-order valence-corrected chi connectivity index (χ2v) is 4.36. The largest absolute Gasteiger partial charge is 0.465 e. The van der Waals surface area contributed by atoms with Crippen LogP contribution in [0.15, 0.2) is 28.8 Å². The highest BCUT2D eigenvalue weighted by molar-refractivity contribution is 6.29. The van der Waals surface area contributed by atoms with Crippen LogP contribution in [0, 0.1) is 17.0 Å². The summed E-state index contributed by atoms with van der Waals surface area (Å²) in [7, 11) is 0. The number of hydrogen-bond donors (Lipinski definition) is 1. The van der Waals surface area contributed by atoms with Crippen LogP contribution in [-0.2, 0) is 6.54 Å². The predicted octanol–water partition coefficient (Wildman–Crippen LogP) is 2.47. The van der Waals surface area contributed by atoms with E-state index in [1.54, 1.807) is 19.1 Å². The van der Waals surface area contributed by atoms with Crippen LogP contribution in [0.3, 0.4) is 0 Å². The zero-order valence-corrected chi connectivity index (χ0v) is 11.2. The van der Waals surface area contributed by atoms with Crippen LogP contribution in [0.4, 0.5) is 5.69 Å². The second-order valence-electron chi connectivity index (χ2n) is 3.98. The fraction of sp³-hybridized carbons (Fsp3) is 0.167. The molecule has 0 bridgehead atoms. The molecule has 2 heterocycles. The third-order valence-electron chi connectivity index (χ3n) is 2.51. The highest BCUT2D eigenvalue weighted by atomic mass is 35.5. The molecule has 0 saturated carbocycles. The quantitative estimate of drug-likeness (QED) is 0.531. The normalized spacial score (nSPS) is 10.3. The fourth-order valence-electron chi connectivity index (χ4n) is 1.59. The summed E-state index contributed by atoms with van der Waals surface area (Å²) in [6.45, 7) is 1.91. The highest BCUT2D eigenvalue weighted by Gasteiger charge is 2.21. The number of amides is 1. The summed E-state index contributed by atoms with van der Waals surface area (Å²) < 4.78 is 5.28. The highest BCUT2D eigenvalue weighted by Crippen LogP contribution is 2.20. The summed E-state index contributed by atoms with van der Waals surface area (Å²) in [6, 6.07) is 4.62. The monoisotopic (exact) mass is 295 g/mol. The lowest BCUT2D eigenvalue weighted by molar-refractivity contribution is -0.385. The number of nitro groups is 1. The molecule has 0 aliphatic heterocycles. The van der Waals surface area contributed by atoms with Crippen molar-refractivity contribution in [2.45, 2.75) is 13.5 Å². The lowest BCUT2D eigenvalue weighted by Gasteiger charge is -2.04. The number of hydrogen-bond acceptors (Lipinski definition) is 5. The van der Waals surface area contributed by atoms with Gasteiger partial charge < -0.3 is 9.73 Å². The van der Waals surface area contributed by atoms with Gasteiger partial charge in [0.2, 0.25) is 0 Å². The molecule has 7 nitrogen and oxygen atoms in total. The van der Waals surface area contributed by atoms with Crippen molar-refractivity contribution in [1.82, 2.24) is 10.3 Å². The van der Waals surface area contributed by atoms with Crippen molar-refractivity contribution < 1.29 is 14.1 Å². The maximum absolute atomic E-state index is 12.0. The van der Waals surface area contributed by atoms with E-state index in [1.807, 2.05) is 0 Å². The number of carbonyl (C=O) groups is 1. The number of aryl methyl sites for hydroxylation is 1. The fourth-order valence-corrected chi connectivity index (χ4v) is 1.75. The summed E-state index contributed by atoms with van der Waals surface area (Å²) in [5.74, 6) is 0.654. The molecule has 2 aromatic rings. The molecule has 0 saturated heterocycles. The van der Waals surface area contributed by atoms with Gasteiger partial charge in [0, 0.05) is 0 Å². The predicted molar refractivity (Wildman–Crippen MR) is 70.5 cm³/mol. The van der Waals surface area contributed by atoms with E-state index in [2.05, 4.69) is 10.3 Å². The molecule has 0 unspecified atom stereocenters. The van der Waals surface area contributed by atoms with Gasteiger partial charge in [0.05, 0.1) is 11.5 Å². The molecule has 20 heavy (non-hydrogen) atoms. The maximum atomic E-state index is 12.0. The van der Waals surface area contributed by atoms with Gasteiger partial charge in [-0.1, -0.05) is 11.6 Å². The number of aromatic nitrogens is 1. The summed E-state index contributed by atoms with van der Waals surface area (Å²) in [4.78, 5) is 25.7. The van der Waals surface area contributed by atoms with Crippen molar-refractivity contribution in [1.29, 1.82) is 0 Å².